The van der Waals surface area contributed by atoms with Crippen LogP contribution in [0.25, 0.3) is 0 Å². The van der Waals surface area contributed by atoms with E-state index in [9.17, 15) is 4.39 Å². The van der Waals surface area contributed by atoms with Crippen LogP contribution in [-0.4, -0.2) is 15.9 Å². The molecule has 0 atom stereocenters. The summed E-state index contributed by atoms with van der Waals surface area (Å²) in [5, 5.41) is 7.75. The fourth-order valence-corrected chi connectivity index (χ4v) is 2.86. The molecule has 3 rings (SSSR count). The van der Waals surface area contributed by atoms with Crippen molar-refractivity contribution < 1.29 is 4.39 Å². The summed E-state index contributed by atoms with van der Waals surface area (Å²) in [6.07, 6.45) is 3.55. The maximum absolute atomic E-state index is 13.9. The predicted octanol–water partition coefficient (Wildman–Crippen LogP) is 4.61. The normalized spacial score (nSPS) is 10.9. The zero-order valence-electron chi connectivity index (χ0n) is 15.2. The predicted molar refractivity (Wildman–Crippen MR) is 113 cm³/mol. The summed E-state index contributed by atoms with van der Waals surface area (Å²) in [6.45, 7) is 4.53. The number of nitrogens with one attached hydrogen (secondary N) is 2. The molecule has 1 heterocycles. The number of hydrogen-bond donors (Lipinski definition) is 2. The van der Waals surface area contributed by atoms with Gasteiger partial charge in [-0.15, -0.1) is 0 Å². The summed E-state index contributed by atoms with van der Waals surface area (Å²) in [6, 6.07) is 16.6. The Bertz CT molecular complexity index is 978. The molecule has 0 saturated carbocycles. The first-order valence-electron chi connectivity index (χ1n) is 8.59. The molecule has 0 bridgehead atoms. The molecule has 0 amide bonds. The van der Waals surface area contributed by atoms with E-state index in [0.29, 0.717) is 17.2 Å². The van der Waals surface area contributed by atoms with E-state index in [1.165, 1.54) is 11.6 Å². The monoisotopic (exact) mass is 380 g/mol. The number of aryl methyl sites for hydroxylation is 1. The molecular formula is C21H21FN4S. The highest BCUT2D eigenvalue weighted by Gasteiger charge is 2.05. The minimum atomic E-state index is -0.217. The first-order chi connectivity index (χ1) is 13.0. The Morgan fingerprint density at radius 1 is 1.11 bits per heavy atom. The van der Waals surface area contributed by atoms with E-state index in [2.05, 4.69) is 28.8 Å². The Morgan fingerprint density at radius 2 is 1.93 bits per heavy atom. The zero-order valence-corrected chi connectivity index (χ0v) is 16.1. The summed E-state index contributed by atoms with van der Waals surface area (Å²) in [7, 11) is 0. The van der Waals surface area contributed by atoms with Crippen LogP contribution in [0.5, 0.6) is 0 Å². The van der Waals surface area contributed by atoms with Gasteiger partial charge in [-0.25, -0.2) is 4.39 Å². The van der Waals surface area contributed by atoms with Gasteiger partial charge in [0, 0.05) is 17.4 Å². The third-order valence-corrected chi connectivity index (χ3v) is 4.57. The maximum Gasteiger partial charge on any atom is 0.191 e. The van der Waals surface area contributed by atoms with E-state index in [0.717, 1.165) is 16.9 Å². The molecule has 1 aromatic heterocycles. The van der Waals surface area contributed by atoms with Crippen molar-refractivity contribution in [3.8, 4) is 0 Å². The second kappa shape index (κ2) is 8.60. The van der Waals surface area contributed by atoms with Crippen molar-refractivity contribution in [3.05, 3.63) is 89.0 Å². The molecule has 3 aromatic rings. The molecule has 0 aliphatic heterocycles. The lowest BCUT2D eigenvalue weighted by atomic mass is 10.1. The van der Waals surface area contributed by atoms with Crippen molar-refractivity contribution >= 4 is 29.2 Å². The van der Waals surface area contributed by atoms with E-state index in [1.807, 2.05) is 48.0 Å². The fraction of sp³-hybridized carbons (Fsp3) is 0.143. The second-order valence-corrected chi connectivity index (χ2v) is 6.63. The summed E-state index contributed by atoms with van der Waals surface area (Å²) >= 11 is 5.30. The highest BCUT2D eigenvalue weighted by atomic mass is 32.1. The van der Waals surface area contributed by atoms with E-state index in [4.69, 9.17) is 12.2 Å². The van der Waals surface area contributed by atoms with Gasteiger partial charge in [-0.3, -0.25) is 5.43 Å². The van der Waals surface area contributed by atoms with Crippen LogP contribution in [0.2, 0.25) is 0 Å². The van der Waals surface area contributed by atoms with Crippen molar-refractivity contribution in [2.45, 2.75) is 20.4 Å². The standard InChI is InChI=1S/C21H21FN4S/c1-15-7-5-11-20(16(15)2)24-21(27)25-23-13-18-9-6-12-26(18)14-17-8-3-4-10-19(17)22/h3-13H,14H2,1-2H3,(H2,24,25,27)/b23-13-. The fourth-order valence-electron chi connectivity index (χ4n) is 2.69. The smallest absolute Gasteiger partial charge is 0.191 e. The van der Waals surface area contributed by atoms with Crippen LogP contribution in [-0.2, 0) is 6.54 Å². The Labute approximate surface area is 163 Å². The average Bonchev–Trinajstić information content (AvgIpc) is 3.08. The Hall–Kier alpha value is -2.99. The van der Waals surface area contributed by atoms with Gasteiger partial charge in [0.25, 0.3) is 0 Å². The van der Waals surface area contributed by atoms with Gasteiger partial charge in [0.1, 0.15) is 5.82 Å². The first-order valence-corrected chi connectivity index (χ1v) is 9.00. The maximum atomic E-state index is 13.9. The van der Waals surface area contributed by atoms with Crippen LogP contribution >= 0.6 is 12.2 Å². The molecule has 0 aliphatic rings. The molecule has 138 valence electrons. The minimum Gasteiger partial charge on any atom is -0.342 e. The van der Waals surface area contributed by atoms with Gasteiger partial charge in [0.15, 0.2) is 5.11 Å². The third kappa shape index (κ3) is 4.80. The van der Waals surface area contributed by atoms with Crippen molar-refractivity contribution in [1.82, 2.24) is 9.99 Å². The highest BCUT2D eigenvalue weighted by Crippen LogP contribution is 2.17. The quantitative estimate of drug-likeness (QED) is 0.386. The molecule has 0 spiro atoms. The van der Waals surface area contributed by atoms with Gasteiger partial charge < -0.3 is 9.88 Å². The van der Waals surface area contributed by atoms with E-state index >= 15 is 0 Å². The number of hydrogen-bond acceptors (Lipinski definition) is 2. The van der Waals surface area contributed by atoms with Gasteiger partial charge in [0.2, 0.25) is 0 Å². The molecule has 4 nitrogen and oxygen atoms in total. The van der Waals surface area contributed by atoms with Gasteiger partial charge >= 0.3 is 0 Å². The minimum absolute atomic E-state index is 0.217. The molecule has 6 heteroatoms. The Kier molecular flexibility index (Phi) is 5.98. The third-order valence-electron chi connectivity index (χ3n) is 4.38. The summed E-state index contributed by atoms with van der Waals surface area (Å²) in [5.41, 5.74) is 7.58. The number of benzene rings is 2. The first kappa shape index (κ1) is 18.8. The van der Waals surface area contributed by atoms with E-state index in [1.54, 1.807) is 18.3 Å². The van der Waals surface area contributed by atoms with E-state index in [-0.39, 0.29) is 5.82 Å². The van der Waals surface area contributed by atoms with Crippen LogP contribution in [0, 0.1) is 19.7 Å². The van der Waals surface area contributed by atoms with Crippen molar-refractivity contribution in [2.24, 2.45) is 5.10 Å². The number of nitrogens with zero attached hydrogens (tertiary/aromatic N) is 2. The average molecular weight is 380 g/mol. The summed E-state index contributed by atoms with van der Waals surface area (Å²) in [4.78, 5) is 0. The highest BCUT2D eigenvalue weighted by molar-refractivity contribution is 7.80. The topological polar surface area (TPSA) is 41.4 Å². The Morgan fingerprint density at radius 3 is 2.74 bits per heavy atom. The number of aromatic nitrogens is 1. The molecule has 2 N–H and O–H groups in total. The SMILES string of the molecule is Cc1cccc(NC(=S)N/N=C\c2cccn2Cc2ccccc2F)c1C. The van der Waals surface area contributed by atoms with Crippen LogP contribution in [0.3, 0.4) is 0 Å². The van der Waals surface area contributed by atoms with Crippen molar-refractivity contribution in [2.75, 3.05) is 5.32 Å². The van der Waals surface area contributed by atoms with Crippen LogP contribution in [0.15, 0.2) is 65.9 Å². The second-order valence-electron chi connectivity index (χ2n) is 6.22. The molecule has 0 radical (unpaired) electrons. The van der Waals surface area contributed by atoms with Crippen LogP contribution in [0.4, 0.5) is 10.1 Å². The van der Waals surface area contributed by atoms with Crippen molar-refractivity contribution in [1.29, 1.82) is 0 Å². The van der Waals surface area contributed by atoms with E-state index < -0.39 is 0 Å². The van der Waals surface area contributed by atoms with Crippen LogP contribution in [0.1, 0.15) is 22.4 Å². The van der Waals surface area contributed by atoms with Gasteiger partial charge in [-0.1, -0.05) is 30.3 Å². The molecule has 27 heavy (non-hydrogen) atoms. The zero-order chi connectivity index (χ0) is 19.2. The number of hydrazone groups is 1. The molecule has 0 fully saturated rings. The largest absolute Gasteiger partial charge is 0.342 e. The lowest BCUT2D eigenvalue weighted by Crippen LogP contribution is -2.24. The van der Waals surface area contributed by atoms with Gasteiger partial charge in [0.05, 0.1) is 18.5 Å². The number of thiocarbonyl (C=S) groups is 1. The Balaban J connectivity index is 1.62. The molecule has 0 aliphatic carbocycles. The molecule has 0 unspecified atom stereocenters. The lowest BCUT2D eigenvalue weighted by Gasteiger charge is -2.11. The number of rotatable bonds is 5. The lowest BCUT2D eigenvalue weighted by molar-refractivity contribution is 0.599. The number of anilines is 1. The molecule has 2 aromatic carbocycles. The molecular weight excluding hydrogens is 359 g/mol. The molecule has 0 saturated heterocycles. The van der Waals surface area contributed by atoms with Gasteiger partial charge in [-0.2, -0.15) is 5.10 Å². The van der Waals surface area contributed by atoms with Crippen molar-refractivity contribution in [3.63, 3.8) is 0 Å². The van der Waals surface area contributed by atoms with Gasteiger partial charge in [-0.05, 0) is 61.5 Å². The summed E-state index contributed by atoms with van der Waals surface area (Å²) in [5.74, 6) is -0.217. The number of halogens is 1. The summed E-state index contributed by atoms with van der Waals surface area (Å²) < 4.78 is 15.8. The van der Waals surface area contributed by atoms with Crippen LogP contribution < -0.4 is 10.7 Å².